The Morgan fingerprint density at radius 3 is 2.16 bits per heavy atom. The van der Waals surface area contributed by atoms with Gasteiger partial charge in [-0.1, -0.05) is 74.5 Å². The van der Waals surface area contributed by atoms with Crippen LogP contribution in [0, 0.1) is 16.7 Å². The van der Waals surface area contributed by atoms with Crippen LogP contribution < -0.4 is 5.32 Å². The fraction of sp³-hybridized carbons (Fsp3) is 0.444. The number of alkyl halides is 3. The van der Waals surface area contributed by atoms with E-state index in [9.17, 15) is 27.9 Å². The normalized spacial score (nSPS) is 13.2. The number of ether oxygens (including phenoxy) is 1. The summed E-state index contributed by atoms with van der Waals surface area (Å²) < 4.78 is 44.4. The first-order chi connectivity index (χ1) is 17.4. The predicted molar refractivity (Wildman–Crippen MR) is 131 cm³/mol. The van der Waals surface area contributed by atoms with Gasteiger partial charge in [-0.25, -0.2) is 4.79 Å². The number of hydrogen-bond donors (Lipinski definition) is 2. The van der Waals surface area contributed by atoms with Crippen molar-refractivity contribution in [3.8, 4) is 6.07 Å². The number of halogens is 3. The fourth-order valence-corrected chi connectivity index (χ4v) is 3.76. The number of carbonyl (C=O) groups excluding carboxylic acids is 2. The van der Waals surface area contributed by atoms with Crippen LogP contribution in [0.2, 0.25) is 0 Å². The van der Waals surface area contributed by atoms with Gasteiger partial charge in [-0.3, -0.25) is 4.79 Å². The zero-order valence-corrected chi connectivity index (χ0v) is 20.9. The number of carbonyl (C=O) groups is 2. The Hall–Kier alpha value is -3.58. The van der Waals surface area contributed by atoms with Crippen LogP contribution in [0.5, 0.6) is 0 Å². The van der Waals surface area contributed by atoms with Gasteiger partial charge in [-0.05, 0) is 29.4 Å². The van der Waals surface area contributed by atoms with E-state index in [4.69, 9.17) is 10.00 Å². The van der Waals surface area contributed by atoms with Crippen molar-refractivity contribution in [3.05, 3.63) is 71.8 Å². The smallest absolute Gasteiger partial charge is 0.445 e. The maximum atomic E-state index is 13.0. The molecule has 0 saturated carbocycles. The average molecular weight is 520 g/mol. The molecular formula is C27H32F3N3O4. The van der Waals surface area contributed by atoms with Gasteiger partial charge >= 0.3 is 18.2 Å². The van der Waals surface area contributed by atoms with Crippen molar-refractivity contribution in [2.24, 2.45) is 5.41 Å². The standard InChI is InChI=1S/C27H32F3N3O4/c1-26(2,14-9-15-31)19-33(25(36)37-18-21-12-7-4-8-13-21)17-23(34)22(32-24(35)27(28,29)30)16-20-10-5-3-6-11-20/h3-8,10-13,22-23,34H,9,14,16-19H2,1-2H3,(H,32,35)/t22-,23+/m0/s1. The van der Waals surface area contributed by atoms with Gasteiger partial charge in [0.15, 0.2) is 0 Å². The van der Waals surface area contributed by atoms with Crippen LogP contribution >= 0.6 is 0 Å². The minimum atomic E-state index is -5.14. The van der Waals surface area contributed by atoms with E-state index in [1.807, 2.05) is 25.2 Å². The zero-order valence-electron chi connectivity index (χ0n) is 20.9. The number of aliphatic hydroxyl groups excluding tert-OH is 1. The Balaban J connectivity index is 2.24. The first kappa shape index (κ1) is 29.6. The Morgan fingerprint density at radius 2 is 1.62 bits per heavy atom. The van der Waals surface area contributed by atoms with Crippen LogP contribution in [0.1, 0.15) is 37.8 Å². The highest BCUT2D eigenvalue weighted by Gasteiger charge is 2.41. The third kappa shape index (κ3) is 10.5. The quantitative estimate of drug-likeness (QED) is 0.427. The van der Waals surface area contributed by atoms with Crippen molar-refractivity contribution < 1.29 is 32.6 Å². The van der Waals surface area contributed by atoms with Gasteiger partial charge in [-0.2, -0.15) is 18.4 Å². The van der Waals surface area contributed by atoms with Crippen molar-refractivity contribution in [2.45, 2.75) is 58.0 Å². The van der Waals surface area contributed by atoms with Crippen LogP contribution in [-0.4, -0.2) is 53.4 Å². The molecule has 0 unspecified atom stereocenters. The molecule has 0 radical (unpaired) electrons. The molecule has 0 bridgehead atoms. The molecule has 37 heavy (non-hydrogen) atoms. The van der Waals surface area contributed by atoms with Gasteiger partial charge in [-0.15, -0.1) is 0 Å². The molecule has 2 amide bonds. The summed E-state index contributed by atoms with van der Waals surface area (Å²) in [6.45, 7) is 3.31. The molecule has 7 nitrogen and oxygen atoms in total. The van der Waals surface area contributed by atoms with Gasteiger partial charge in [0.25, 0.3) is 0 Å². The molecule has 2 aromatic rings. The monoisotopic (exact) mass is 519 g/mol. The molecule has 0 saturated heterocycles. The van der Waals surface area contributed by atoms with E-state index < -0.39 is 35.7 Å². The topological polar surface area (TPSA) is 103 Å². The SMILES string of the molecule is CC(C)(CCC#N)CN(C[C@@H](O)[C@H](Cc1ccccc1)NC(=O)C(F)(F)F)C(=O)OCc1ccccc1. The predicted octanol–water partition coefficient (Wildman–Crippen LogP) is 4.61. The Bertz CT molecular complexity index is 1040. The molecule has 0 fully saturated rings. The second-order valence-corrected chi connectivity index (χ2v) is 9.58. The van der Waals surface area contributed by atoms with E-state index in [-0.39, 0.29) is 32.5 Å². The third-order valence-corrected chi connectivity index (χ3v) is 5.74. The largest absolute Gasteiger partial charge is 0.471 e. The van der Waals surface area contributed by atoms with E-state index in [1.165, 1.54) is 4.90 Å². The molecule has 0 aromatic heterocycles. The van der Waals surface area contributed by atoms with Crippen molar-refractivity contribution in [1.82, 2.24) is 10.2 Å². The molecule has 2 atom stereocenters. The lowest BCUT2D eigenvalue weighted by Gasteiger charge is -2.35. The maximum Gasteiger partial charge on any atom is 0.471 e. The minimum Gasteiger partial charge on any atom is -0.445 e. The Morgan fingerprint density at radius 1 is 1.05 bits per heavy atom. The van der Waals surface area contributed by atoms with Crippen LogP contribution in [-0.2, 0) is 22.6 Å². The highest BCUT2D eigenvalue weighted by molar-refractivity contribution is 5.82. The van der Waals surface area contributed by atoms with E-state index in [2.05, 4.69) is 6.07 Å². The van der Waals surface area contributed by atoms with Gasteiger partial charge in [0, 0.05) is 13.0 Å². The molecule has 10 heteroatoms. The second kappa shape index (κ2) is 13.7. The Kier molecular flexibility index (Phi) is 10.9. The van der Waals surface area contributed by atoms with Crippen LogP contribution in [0.3, 0.4) is 0 Å². The molecule has 200 valence electrons. The average Bonchev–Trinajstić information content (AvgIpc) is 2.85. The van der Waals surface area contributed by atoms with Crippen LogP contribution in [0.25, 0.3) is 0 Å². The van der Waals surface area contributed by atoms with Crippen LogP contribution in [0.4, 0.5) is 18.0 Å². The molecule has 0 heterocycles. The number of hydrogen-bond acceptors (Lipinski definition) is 5. The summed E-state index contributed by atoms with van der Waals surface area (Å²) in [6.07, 6.45) is -6.85. The number of aliphatic hydroxyl groups is 1. The molecule has 2 N–H and O–H groups in total. The van der Waals surface area contributed by atoms with E-state index in [1.54, 1.807) is 54.6 Å². The lowest BCUT2D eigenvalue weighted by molar-refractivity contribution is -0.175. The van der Waals surface area contributed by atoms with Crippen LogP contribution in [0.15, 0.2) is 60.7 Å². The molecule has 0 aliphatic carbocycles. The molecule has 2 aromatic carbocycles. The summed E-state index contributed by atoms with van der Waals surface area (Å²) in [4.78, 5) is 25.9. The summed E-state index contributed by atoms with van der Waals surface area (Å²) in [5.74, 6) is -2.18. The zero-order chi connectivity index (χ0) is 27.5. The second-order valence-electron chi connectivity index (χ2n) is 9.58. The summed E-state index contributed by atoms with van der Waals surface area (Å²) >= 11 is 0. The maximum absolute atomic E-state index is 13.0. The highest BCUT2D eigenvalue weighted by atomic mass is 19.4. The van der Waals surface area contributed by atoms with E-state index >= 15 is 0 Å². The summed E-state index contributed by atoms with van der Waals surface area (Å²) in [6, 6.07) is 18.1. The lowest BCUT2D eigenvalue weighted by atomic mass is 9.87. The van der Waals surface area contributed by atoms with Crippen molar-refractivity contribution in [3.63, 3.8) is 0 Å². The van der Waals surface area contributed by atoms with Crippen molar-refractivity contribution in [1.29, 1.82) is 5.26 Å². The molecule has 0 aliphatic rings. The summed E-state index contributed by atoms with van der Waals surface area (Å²) in [7, 11) is 0. The number of amides is 2. The van der Waals surface area contributed by atoms with Gasteiger partial charge in [0.1, 0.15) is 6.61 Å². The number of nitrogens with zero attached hydrogens (tertiary/aromatic N) is 2. The first-order valence-electron chi connectivity index (χ1n) is 11.8. The number of nitrogens with one attached hydrogen (secondary N) is 1. The van der Waals surface area contributed by atoms with E-state index in [0.717, 1.165) is 5.56 Å². The van der Waals surface area contributed by atoms with Gasteiger partial charge < -0.3 is 20.1 Å². The number of rotatable bonds is 12. The minimum absolute atomic E-state index is 0.0385. The summed E-state index contributed by atoms with van der Waals surface area (Å²) in [5.41, 5.74) is 0.784. The molecule has 0 spiro atoms. The highest BCUT2D eigenvalue weighted by Crippen LogP contribution is 2.25. The molecule has 0 aliphatic heterocycles. The van der Waals surface area contributed by atoms with Crippen molar-refractivity contribution in [2.75, 3.05) is 13.1 Å². The molecular weight excluding hydrogens is 487 g/mol. The summed E-state index contributed by atoms with van der Waals surface area (Å²) in [5, 5.41) is 21.8. The molecule has 2 rings (SSSR count). The Labute approximate surface area is 214 Å². The fourth-order valence-electron chi connectivity index (χ4n) is 3.76. The van der Waals surface area contributed by atoms with E-state index in [0.29, 0.717) is 12.0 Å². The lowest BCUT2D eigenvalue weighted by Crippen LogP contribution is -2.54. The van der Waals surface area contributed by atoms with Crippen molar-refractivity contribution >= 4 is 12.0 Å². The van der Waals surface area contributed by atoms with Gasteiger partial charge in [0.2, 0.25) is 0 Å². The number of benzene rings is 2. The third-order valence-electron chi connectivity index (χ3n) is 5.74. The number of nitriles is 1. The first-order valence-corrected chi connectivity index (χ1v) is 11.8. The van der Waals surface area contributed by atoms with Gasteiger partial charge in [0.05, 0.1) is 24.8 Å².